The van der Waals surface area contributed by atoms with Crippen LogP contribution in [0.3, 0.4) is 0 Å². The van der Waals surface area contributed by atoms with E-state index in [1.165, 1.54) is 6.07 Å². The highest BCUT2D eigenvalue weighted by Gasteiger charge is 2.18. The Labute approximate surface area is 113 Å². The molecule has 0 unspecified atom stereocenters. The fraction of sp³-hybridized carbons (Fsp3) is 0.556. The van der Waals surface area contributed by atoms with Crippen LogP contribution >= 0.6 is 38.9 Å². The summed E-state index contributed by atoms with van der Waals surface area (Å²) >= 11 is 10.1. The van der Waals surface area contributed by atoms with E-state index in [0.29, 0.717) is 15.4 Å². The van der Waals surface area contributed by atoms with E-state index >= 15 is 0 Å². The van der Waals surface area contributed by atoms with E-state index in [1.807, 2.05) is 0 Å². The maximum absolute atomic E-state index is 11.8. The van der Waals surface area contributed by atoms with Crippen LogP contribution in [0.15, 0.2) is 14.1 Å². The topological polar surface area (TPSA) is 46.2 Å². The van der Waals surface area contributed by atoms with Crippen molar-refractivity contribution < 1.29 is 8.42 Å². The number of halogens is 2. The Morgan fingerprint density at radius 2 is 2.19 bits per heavy atom. The highest BCUT2D eigenvalue weighted by atomic mass is 79.9. The lowest BCUT2D eigenvalue weighted by Crippen LogP contribution is -2.23. The summed E-state index contributed by atoms with van der Waals surface area (Å²) < 4.78 is 27.0. The molecule has 1 rings (SSSR count). The van der Waals surface area contributed by atoms with Crippen molar-refractivity contribution in [1.29, 1.82) is 0 Å². The first-order valence-corrected chi connectivity index (χ1v) is 8.39. The third-order valence-electron chi connectivity index (χ3n) is 1.96. The monoisotopic (exact) mass is 345 g/mol. The summed E-state index contributed by atoms with van der Waals surface area (Å²) in [5.41, 5.74) is 0. The molecule has 7 heteroatoms. The zero-order chi connectivity index (χ0) is 12.2. The second-order valence-electron chi connectivity index (χ2n) is 3.29. The van der Waals surface area contributed by atoms with Gasteiger partial charge >= 0.3 is 0 Å². The van der Waals surface area contributed by atoms with Crippen LogP contribution in [0.2, 0.25) is 5.02 Å². The van der Waals surface area contributed by atoms with E-state index in [0.717, 1.165) is 30.6 Å². The fourth-order valence-electron chi connectivity index (χ4n) is 1.11. The number of rotatable bonds is 6. The van der Waals surface area contributed by atoms with Gasteiger partial charge in [0.05, 0.1) is 8.81 Å². The number of hydrogen-bond donors (Lipinski definition) is 1. The summed E-state index contributed by atoms with van der Waals surface area (Å²) in [5.74, 6) is 0. The summed E-state index contributed by atoms with van der Waals surface area (Å²) in [6.45, 7) is 2.55. The van der Waals surface area contributed by atoms with Crippen LogP contribution in [0, 0.1) is 0 Å². The van der Waals surface area contributed by atoms with Crippen molar-refractivity contribution in [1.82, 2.24) is 4.72 Å². The van der Waals surface area contributed by atoms with Crippen LogP contribution in [0.1, 0.15) is 26.2 Å². The molecule has 0 saturated heterocycles. The van der Waals surface area contributed by atoms with Crippen LogP contribution in [-0.2, 0) is 10.0 Å². The van der Waals surface area contributed by atoms with Crippen molar-refractivity contribution in [2.75, 3.05) is 6.54 Å². The smallest absolute Gasteiger partial charge is 0.210 e. The molecular weight excluding hydrogens is 334 g/mol. The van der Waals surface area contributed by atoms with Gasteiger partial charge in [0, 0.05) is 6.54 Å². The Balaban J connectivity index is 2.64. The van der Waals surface area contributed by atoms with Crippen LogP contribution in [0.4, 0.5) is 0 Å². The minimum absolute atomic E-state index is 0.251. The lowest BCUT2D eigenvalue weighted by atomic mass is 10.3. The van der Waals surface area contributed by atoms with Crippen LogP contribution in [0.25, 0.3) is 0 Å². The predicted octanol–water partition coefficient (Wildman–Crippen LogP) is 3.63. The number of nitrogens with one attached hydrogen (secondary N) is 1. The molecule has 1 aromatic rings. The maximum Gasteiger partial charge on any atom is 0.250 e. The minimum atomic E-state index is -3.39. The summed E-state index contributed by atoms with van der Waals surface area (Å²) in [7, 11) is -3.39. The van der Waals surface area contributed by atoms with Gasteiger partial charge in [-0.05, 0) is 28.4 Å². The highest BCUT2D eigenvalue weighted by molar-refractivity contribution is 9.11. The van der Waals surface area contributed by atoms with Gasteiger partial charge in [-0.1, -0.05) is 31.4 Å². The van der Waals surface area contributed by atoms with Crippen molar-refractivity contribution >= 4 is 48.9 Å². The molecule has 0 atom stereocenters. The van der Waals surface area contributed by atoms with Crippen molar-refractivity contribution in [3.8, 4) is 0 Å². The highest BCUT2D eigenvalue weighted by Crippen LogP contribution is 2.34. The van der Waals surface area contributed by atoms with Gasteiger partial charge in [-0.25, -0.2) is 13.1 Å². The molecule has 0 aliphatic heterocycles. The molecular formula is C9H13BrClNO2S2. The standard InChI is InChI=1S/C9H13BrClNO2S2/c1-2-3-4-5-12-16(13,14)8-6-7(11)9(10)15-8/h6,12H,2-5H2,1H3. The van der Waals surface area contributed by atoms with E-state index in [4.69, 9.17) is 11.6 Å². The minimum Gasteiger partial charge on any atom is -0.210 e. The third kappa shape index (κ3) is 4.00. The molecule has 1 N–H and O–H groups in total. The Bertz CT molecular complexity index is 425. The van der Waals surface area contributed by atoms with Gasteiger partial charge < -0.3 is 0 Å². The molecule has 0 radical (unpaired) electrons. The maximum atomic E-state index is 11.8. The second-order valence-corrected chi connectivity index (χ2v) is 8.06. The number of sulfonamides is 1. The Kier molecular flexibility index (Phi) is 5.73. The predicted molar refractivity (Wildman–Crippen MR) is 71.7 cm³/mol. The number of hydrogen-bond acceptors (Lipinski definition) is 3. The summed E-state index contributed by atoms with van der Waals surface area (Å²) in [6, 6.07) is 1.46. The average molecular weight is 347 g/mol. The van der Waals surface area contributed by atoms with Crippen molar-refractivity contribution in [2.45, 2.75) is 30.4 Å². The molecule has 0 bridgehead atoms. The second kappa shape index (κ2) is 6.35. The molecule has 92 valence electrons. The van der Waals surface area contributed by atoms with E-state index in [2.05, 4.69) is 27.6 Å². The van der Waals surface area contributed by atoms with Crippen molar-refractivity contribution in [2.24, 2.45) is 0 Å². The first kappa shape index (κ1) is 14.4. The first-order chi connectivity index (χ1) is 7.47. The van der Waals surface area contributed by atoms with Gasteiger partial charge in [-0.3, -0.25) is 0 Å². The Hall–Kier alpha value is 0.380. The van der Waals surface area contributed by atoms with Gasteiger partial charge in [0.25, 0.3) is 0 Å². The summed E-state index contributed by atoms with van der Waals surface area (Å²) in [6.07, 6.45) is 2.95. The van der Waals surface area contributed by atoms with E-state index < -0.39 is 10.0 Å². The van der Waals surface area contributed by atoms with Crippen LogP contribution in [0.5, 0.6) is 0 Å². The molecule has 0 fully saturated rings. The van der Waals surface area contributed by atoms with Crippen LogP contribution < -0.4 is 4.72 Å². The molecule has 0 amide bonds. The zero-order valence-corrected chi connectivity index (χ0v) is 12.8. The largest absolute Gasteiger partial charge is 0.250 e. The van der Waals surface area contributed by atoms with Crippen LogP contribution in [-0.4, -0.2) is 15.0 Å². The average Bonchev–Trinajstić information content (AvgIpc) is 2.55. The lowest BCUT2D eigenvalue weighted by Gasteiger charge is -2.03. The Morgan fingerprint density at radius 1 is 1.50 bits per heavy atom. The molecule has 0 spiro atoms. The molecule has 1 aromatic heterocycles. The molecule has 0 aromatic carbocycles. The lowest BCUT2D eigenvalue weighted by molar-refractivity contribution is 0.578. The molecule has 1 heterocycles. The third-order valence-corrected chi connectivity index (χ3v) is 6.37. The molecule has 0 saturated carbocycles. The Morgan fingerprint density at radius 3 is 2.69 bits per heavy atom. The van der Waals surface area contributed by atoms with Crippen molar-refractivity contribution in [3.63, 3.8) is 0 Å². The normalized spacial score (nSPS) is 11.9. The summed E-state index contributed by atoms with van der Waals surface area (Å²) in [4.78, 5) is 0. The van der Waals surface area contributed by atoms with E-state index in [1.54, 1.807) is 0 Å². The zero-order valence-electron chi connectivity index (χ0n) is 8.79. The van der Waals surface area contributed by atoms with Gasteiger partial charge in [0.15, 0.2) is 0 Å². The molecule has 16 heavy (non-hydrogen) atoms. The summed E-state index contributed by atoms with van der Waals surface area (Å²) in [5, 5.41) is 0.430. The number of thiophene rings is 1. The molecule has 0 aliphatic carbocycles. The van der Waals surface area contributed by atoms with Gasteiger partial charge in [0.2, 0.25) is 10.0 Å². The van der Waals surface area contributed by atoms with Gasteiger partial charge in [-0.15, -0.1) is 11.3 Å². The number of unbranched alkanes of at least 4 members (excludes halogenated alkanes) is 2. The first-order valence-electron chi connectivity index (χ1n) is 4.92. The van der Waals surface area contributed by atoms with Gasteiger partial charge in [0.1, 0.15) is 4.21 Å². The van der Waals surface area contributed by atoms with E-state index in [9.17, 15) is 8.42 Å². The quantitative estimate of drug-likeness (QED) is 0.799. The fourth-order valence-corrected chi connectivity index (χ4v) is 4.63. The molecule has 0 aliphatic rings. The van der Waals surface area contributed by atoms with E-state index in [-0.39, 0.29) is 4.21 Å². The molecule has 3 nitrogen and oxygen atoms in total. The SMILES string of the molecule is CCCCCNS(=O)(=O)c1cc(Cl)c(Br)s1. The van der Waals surface area contributed by atoms with Gasteiger partial charge in [-0.2, -0.15) is 0 Å². The van der Waals surface area contributed by atoms with Crippen molar-refractivity contribution in [3.05, 3.63) is 14.9 Å².